The molecule has 0 amide bonds. The number of aryl methyl sites for hydroxylation is 1. The van der Waals surface area contributed by atoms with Crippen molar-refractivity contribution in [2.75, 3.05) is 6.54 Å². The molecule has 2 aromatic rings. The molecule has 2 rings (SSSR count). The maximum atomic E-state index is 5.62. The van der Waals surface area contributed by atoms with Crippen LogP contribution in [-0.4, -0.2) is 16.3 Å². The van der Waals surface area contributed by atoms with Crippen molar-refractivity contribution in [2.45, 2.75) is 19.9 Å². The van der Waals surface area contributed by atoms with Gasteiger partial charge in [-0.25, -0.2) is 0 Å². The topological polar surface area (TPSA) is 43.8 Å². The van der Waals surface area contributed by atoms with Crippen LogP contribution in [0.5, 0.6) is 0 Å². The minimum atomic E-state index is 0.662. The fourth-order valence-corrected chi connectivity index (χ4v) is 1.93. The second kappa shape index (κ2) is 4.94. The van der Waals surface area contributed by atoms with E-state index >= 15 is 0 Å². The summed E-state index contributed by atoms with van der Waals surface area (Å²) in [5, 5.41) is 4.39. The Morgan fingerprint density at radius 3 is 2.62 bits per heavy atom. The third kappa shape index (κ3) is 1.99. The molecule has 3 heteroatoms. The molecular weight excluding hydrogens is 198 g/mol. The second-order valence-electron chi connectivity index (χ2n) is 3.74. The van der Waals surface area contributed by atoms with Crippen LogP contribution in [0.1, 0.15) is 12.5 Å². The van der Waals surface area contributed by atoms with Crippen molar-refractivity contribution in [3.63, 3.8) is 0 Å². The molecule has 1 aromatic carbocycles. The largest absolute Gasteiger partial charge is 0.330 e. The van der Waals surface area contributed by atoms with E-state index < -0.39 is 0 Å². The van der Waals surface area contributed by atoms with Crippen LogP contribution in [-0.2, 0) is 13.0 Å². The highest BCUT2D eigenvalue weighted by molar-refractivity contribution is 5.63. The summed E-state index contributed by atoms with van der Waals surface area (Å²) < 4.78 is 2.03. The van der Waals surface area contributed by atoms with Crippen molar-refractivity contribution >= 4 is 0 Å². The van der Waals surface area contributed by atoms with Crippen molar-refractivity contribution < 1.29 is 0 Å². The number of hydrogen-bond acceptors (Lipinski definition) is 2. The number of nitrogens with two attached hydrogens (primary N) is 1. The van der Waals surface area contributed by atoms with Crippen molar-refractivity contribution in [1.82, 2.24) is 9.78 Å². The standard InChI is InChI=1S/C13H17N3/c1-2-16-13(11-6-4-3-5-7-11)12(8-9-14)10-15-16/h3-7,10H,2,8-9,14H2,1H3. The normalized spacial score (nSPS) is 10.6. The van der Waals surface area contributed by atoms with E-state index in [1.807, 2.05) is 16.9 Å². The van der Waals surface area contributed by atoms with Crippen LogP contribution < -0.4 is 5.73 Å². The zero-order valence-electron chi connectivity index (χ0n) is 9.56. The predicted molar refractivity (Wildman–Crippen MR) is 66.1 cm³/mol. The molecule has 0 saturated carbocycles. The van der Waals surface area contributed by atoms with Gasteiger partial charge >= 0.3 is 0 Å². The van der Waals surface area contributed by atoms with Gasteiger partial charge in [-0.1, -0.05) is 30.3 Å². The Balaban J connectivity index is 2.48. The highest BCUT2D eigenvalue weighted by Crippen LogP contribution is 2.23. The number of aromatic nitrogens is 2. The Labute approximate surface area is 95.9 Å². The molecule has 1 heterocycles. The highest BCUT2D eigenvalue weighted by Gasteiger charge is 2.10. The summed E-state index contributed by atoms with van der Waals surface area (Å²) in [7, 11) is 0. The minimum Gasteiger partial charge on any atom is -0.330 e. The first-order valence-corrected chi connectivity index (χ1v) is 5.67. The number of benzene rings is 1. The van der Waals surface area contributed by atoms with Crippen molar-refractivity contribution in [3.05, 3.63) is 42.1 Å². The number of nitrogens with zero attached hydrogens (tertiary/aromatic N) is 2. The van der Waals surface area contributed by atoms with E-state index in [0.29, 0.717) is 6.54 Å². The number of rotatable bonds is 4. The Kier molecular flexibility index (Phi) is 3.37. The maximum Gasteiger partial charge on any atom is 0.0714 e. The van der Waals surface area contributed by atoms with E-state index in [2.05, 4.69) is 36.3 Å². The third-order valence-electron chi connectivity index (χ3n) is 2.68. The van der Waals surface area contributed by atoms with Gasteiger partial charge in [-0.05, 0) is 25.5 Å². The van der Waals surface area contributed by atoms with Gasteiger partial charge < -0.3 is 5.73 Å². The second-order valence-corrected chi connectivity index (χ2v) is 3.74. The molecule has 0 aliphatic heterocycles. The summed E-state index contributed by atoms with van der Waals surface area (Å²) in [4.78, 5) is 0. The maximum absolute atomic E-state index is 5.62. The first-order chi connectivity index (χ1) is 7.86. The fourth-order valence-electron chi connectivity index (χ4n) is 1.93. The molecule has 0 radical (unpaired) electrons. The van der Waals surface area contributed by atoms with Gasteiger partial charge in [0.25, 0.3) is 0 Å². The van der Waals surface area contributed by atoms with Gasteiger partial charge in [0.05, 0.1) is 11.9 Å². The zero-order valence-corrected chi connectivity index (χ0v) is 9.56. The monoisotopic (exact) mass is 215 g/mol. The highest BCUT2D eigenvalue weighted by atomic mass is 15.3. The lowest BCUT2D eigenvalue weighted by Gasteiger charge is -2.07. The van der Waals surface area contributed by atoms with Crippen LogP contribution in [0.15, 0.2) is 36.5 Å². The van der Waals surface area contributed by atoms with Crippen molar-refractivity contribution in [2.24, 2.45) is 5.73 Å². The summed E-state index contributed by atoms with van der Waals surface area (Å²) in [5.74, 6) is 0. The molecule has 0 unspecified atom stereocenters. The SMILES string of the molecule is CCn1ncc(CCN)c1-c1ccccc1. The molecule has 1 aromatic heterocycles. The van der Waals surface area contributed by atoms with Crippen LogP contribution in [0.4, 0.5) is 0 Å². The molecule has 2 N–H and O–H groups in total. The van der Waals surface area contributed by atoms with Gasteiger partial charge in [0.15, 0.2) is 0 Å². The lowest BCUT2D eigenvalue weighted by Crippen LogP contribution is -2.05. The average molecular weight is 215 g/mol. The van der Waals surface area contributed by atoms with Gasteiger partial charge in [0.2, 0.25) is 0 Å². The molecule has 16 heavy (non-hydrogen) atoms. The summed E-state index contributed by atoms with van der Waals surface area (Å²) in [6.07, 6.45) is 2.81. The summed E-state index contributed by atoms with van der Waals surface area (Å²) in [6, 6.07) is 10.4. The fraction of sp³-hybridized carbons (Fsp3) is 0.308. The molecule has 3 nitrogen and oxygen atoms in total. The predicted octanol–water partition coefficient (Wildman–Crippen LogP) is 2.07. The molecule has 0 aliphatic carbocycles. The first kappa shape index (κ1) is 10.9. The van der Waals surface area contributed by atoms with Crippen LogP contribution in [0, 0.1) is 0 Å². The van der Waals surface area contributed by atoms with E-state index in [-0.39, 0.29) is 0 Å². The van der Waals surface area contributed by atoms with Crippen LogP contribution >= 0.6 is 0 Å². The van der Waals surface area contributed by atoms with Crippen LogP contribution in [0.3, 0.4) is 0 Å². The van der Waals surface area contributed by atoms with Crippen LogP contribution in [0.2, 0.25) is 0 Å². The van der Waals surface area contributed by atoms with Crippen molar-refractivity contribution in [1.29, 1.82) is 0 Å². The molecular formula is C13H17N3. The lowest BCUT2D eigenvalue weighted by atomic mass is 10.1. The molecule has 0 saturated heterocycles. The Morgan fingerprint density at radius 1 is 1.25 bits per heavy atom. The van der Waals surface area contributed by atoms with Gasteiger partial charge in [0, 0.05) is 12.1 Å². The van der Waals surface area contributed by atoms with Crippen LogP contribution in [0.25, 0.3) is 11.3 Å². The van der Waals surface area contributed by atoms with E-state index in [4.69, 9.17) is 5.73 Å². The lowest BCUT2D eigenvalue weighted by molar-refractivity contribution is 0.666. The summed E-state index contributed by atoms with van der Waals surface area (Å²) in [6.45, 7) is 3.65. The molecule has 0 fully saturated rings. The van der Waals surface area contributed by atoms with Gasteiger partial charge in [0.1, 0.15) is 0 Å². The number of hydrogen-bond donors (Lipinski definition) is 1. The zero-order chi connectivity index (χ0) is 11.4. The summed E-state index contributed by atoms with van der Waals surface area (Å²) >= 11 is 0. The van der Waals surface area contributed by atoms with Gasteiger partial charge in [-0.2, -0.15) is 5.10 Å². The molecule has 0 bridgehead atoms. The van der Waals surface area contributed by atoms with E-state index in [1.165, 1.54) is 16.8 Å². The van der Waals surface area contributed by atoms with E-state index in [0.717, 1.165) is 13.0 Å². The average Bonchev–Trinajstić information content (AvgIpc) is 2.74. The molecule has 0 spiro atoms. The molecule has 0 aliphatic rings. The first-order valence-electron chi connectivity index (χ1n) is 5.67. The Bertz CT molecular complexity index is 445. The van der Waals surface area contributed by atoms with Gasteiger partial charge in [-0.15, -0.1) is 0 Å². The molecule has 0 atom stereocenters. The van der Waals surface area contributed by atoms with Gasteiger partial charge in [-0.3, -0.25) is 4.68 Å². The van der Waals surface area contributed by atoms with E-state index in [1.54, 1.807) is 0 Å². The third-order valence-corrected chi connectivity index (χ3v) is 2.68. The van der Waals surface area contributed by atoms with Crippen molar-refractivity contribution in [3.8, 4) is 11.3 Å². The quantitative estimate of drug-likeness (QED) is 0.848. The minimum absolute atomic E-state index is 0.662. The summed E-state index contributed by atoms with van der Waals surface area (Å²) in [5.41, 5.74) is 9.27. The Hall–Kier alpha value is -1.61. The van der Waals surface area contributed by atoms with E-state index in [9.17, 15) is 0 Å². The molecule has 84 valence electrons. The smallest absolute Gasteiger partial charge is 0.0714 e. The Morgan fingerprint density at radius 2 is 2.00 bits per heavy atom.